The van der Waals surface area contributed by atoms with Crippen LogP contribution in [0.4, 0.5) is 0 Å². The molecule has 1 saturated carbocycles. The first-order valence-corrected chi connectivity index (χ1v) is 7.66. The average Bonchev–Trinajstić information content (AvgIpc) is 2.97. The van der Waals surface area contributed by atoms with Crippen molar-refractivity contribution in [1.82, 2.24) is 5.32 Å². The molecule has 19 heavy (non-hydrogen) atoms. The molecule has 4 heteroatoms. The maximum Gasteiger partial charge on any atom is 0.223 e. The number of nitrogens with one attached hydrogen (secondary N) is 1. The van der Waals surface area contributed by atoms with Gasteiger partial charge < -0.3 is 10.1 Å². The van der Waals surface area contributed by atoms with Crippen LogP contribution in [0, 0.1) is 0 Å². The molecule has 0 spiro atoms. The molecule has 1 saturated heterocycles. The molecule has 0 aromatic heterocycles. The Labute approximate surface area is 121 Å². The van der Waals surface area contributed by atoms with Gasteiger partial charge in [0.2, 0.25) is 5.91 Å². The monoisotopic (exact) mass is 323 g/mol. The van der Waals surface area contributed by atoms with E-state index in [1.165, 1.54) is 5.56 Å². The summed E-state index contributed by atoms with van der Waals surface area (Å²) in [7, 11) is 0. The van der Waals surface area contributed by atoms with Gasteiger partial charge in [0.1, 0.15) is 0 Å². The van der Waals surface area contributed by atoms with E-state index in [2.05, 4.69) is 33.4 Å². The van der Waals surface area contributed by atoms with Crippen molar-refractivity contribution in [3.8, 4) is 0 Å². The highest BCUT2D eigenvalue weighted by Gasteiger charge is 2.45. The van der Waals surface area contributed by atoms with Gasteiger partial charge in [-0.25, -0.2) is 0 Å². The van der Waals surface area contributed by atoms with Crippen LogP contribution in [-0.2, 0) is 15.1 Å². The summed E-state index contributed by atoms with van der Waals surface area (Å²) in [6.07, 6.45) is 4.77. The van der Waals surface area contributed by atoms with Crippen LogP contribution in [0.5, 0.6) is 0 Å². The molecule has 1 aliphatic heterocycles. The highest BCUT2D eigenvalue weighted by Crippen LogP contribution is 2.46. The van der Waals surface area contributed by atoms with Gasteiger partial charge in [0.15, 0.2) is 0 Å². The maximum atomic E-state index is 12.1. The Hall–Kier alpha value is -0.870. The zero-order valence-corrected chi connectivity index (χ0v) is 12.4. The normalized spacial score (nSPS) is 24.2. The molecule has 3 nitrogen and oxygen atoms in total. The van der Waals surface area contributed by atoms with Crippen LogP contribution in [0.3, 0.4) is 0 Å². The third-order valence-electron chi connectivity index (χ3n) is 3.94. The highest BCUT2D eigenvalue weighted by molar-refractivity contribution is 9.10. The van der Waals surface area contributed by atoms with Gasteiger partial charge in [-0.05, 0) is 43.4 Å². The van der Waals surface area contributed by atoms with E-state index in [1.807, 2.05) is 12.1 Å². The fourth-order valence-electron chi connectivity index (χ4n) is 2.73. The smallest absolute Gasteiger partial charge is 0.223 e. The molecule has 1 aliphatic carbocycles. The summed E-state index contributed by atoms with van der Waals surface area (Å²) in [5.41, 5.74) is 1.07. The second-order valence-electron chi connectivity index (χ2n) is 5.48. The van der Waals surface area contributed by atoms with Crippen molar-refractivity contribution in [3.05, 3.63) is 34.3 Å². The molecule has 1 aromatic carbocycles. The topological polar surface area (TPSA) is 38.3 Å². The van der Waals surface area contributed by atoms with Gasteiger partial charge in [-0.1, -0.05) is 28.1 Å². The molecule has 1 amide bonds. The van der Waals surface area contributed by atoms with Crippen LogP contribution in [0.15, 0.2) is 28.7 Å². The molecule has 0 radical (unpaired) electrons. The fraction of sp³-hybridized carbons (Fsp3) is 0.533. The third-order valence-corrected chi connectivity index (χ3v) is 4.44. The molecule has 1 atom stereocenters. The van der Waals surface area contributed by atoms with Crippen molar-refractivity contribution in [1.29, 1.82) is 0 Å². The Bertz CT molecular complexity index is 479. The van der Waals surface area contributed by atoms with Gasteiger partial charge in [0.25, 0.3) is 0 Å². The predicted molar refractivity (Wildman–Crippen MR) is 76.8 cm³/mol. The van der Waals surface area contributed by atoms with Gasteiger partial charge in [-0.15, -0.1) is 0 Å². The van der Waals surface area contributed by atoms with Gasteiger partial charge >= 0.3 is 0 Å². The number of amides is 1. The SMILES string of the molecule is O=C(C[C@H]1CCCO1)NC1(c2cccc(Br)c2)CC1. The first-order chi connectivity index (χ1) is 9.18. The molecule has 1 N–H and O–H groups in total. The van der Waals surface area contributed by atoms with Crippen molar-refractivity contribution < 1.29 is 9.53 Å². The number of hydrogen-bond donors (Lipinski definition) is 1. The lowest BCUT2D eigenvalue weighted by molar-refractivity contribution is -0.124. The van der Waals surface area contributed by atoms with E-state index in [1.54, 1.807) is 0 Å². The summed E-state index contributed by atoms with van der Waals surface area (Å²) in [5, 5.41) is 3.20. The summed E-state index contributed by atoms with van der Waals surface area (Å²) in [6.45, 7) is 0.800. The van der Waals surface area contributed by atoms with Gasteiger partial charge in [0.05, 0.1) is 18.1 Å². The number of ether oxygens (including phenoxy) is 1. The van der Waals surface area contributed by atoms with Crippen molar-refractivity contribution in [2.24, 2.45) is 0 Å². The van der Waals surface area contributed by atoms with Crippen molar-refractivity contribution in [3.63, 3.8) is 0 Å². The Morgan fingerprint density at radius 2 is 2.32 bits per heavy atom. The molecule has 2 aliphatic rings. The molecule has 102 valence electrons. The Morgan fingerprint density at radius 3 is 2.95 bits per heavy atom. The molecule has 2 fully saturated rings. The predicted octanol–water partition coefficient (Wildman–Crippen LogP) is 3.12. The summed E-state index contributed by atoms with van der Waals surface area (Å²) >= 11 is 3.49. The van der Waals surface area contributed by atoms with Crippen molar-refractivity contribution in [2.75, 3.05) is 6.61 Å². The maximum absolute atomic E-state index is 12.1. The van der Waals surface area contributed by atoms with Gasteiger partial charge in [-0.2, -0.15) is 0 Å². The van der Waals surface area contributed by atoms with Crippen LogP contribution in [0.25, 0.3) is 0 Å². The quantitative estimate of drug-likeness (QED) is 0.924. The highest BCUT2D eigenvalue weighted by atomic mass is 79.9. The number of halogens is 1. The van der Waals surface area contributed by atoms with Crippen molar-refractivity contribution >= 4 is 21.8 Å². The first-order valence-electron chi connectivity index (χ1n) is 6.87. The Kier molecular flexibility index (Phi) is 3.63. The number of rotatable bonds is 4. The lowest BCUT2D eigenvalue weighted by Gasteiger charge is -2.19. The molecular formula is C15H18BrNO2. The first kappa shape index (κ1) is 13.1. The molecule has 0 unspecified atom stereocenters. The summed E-state index contributed by atoms with van der Waals surface area (Å²) < 4.78 is 6.57. The number of carbonyl (C=O) groups excluding carboxylic acids is 1. The summed E-state index contributed by atoms with van der Waals surface area (Å²) in [6, 6.07) is 8.21. The fourth-order valence-corrected chi connectivity index (χ4v) is 3.13. The third kappa shape index (κ3) is 3.00. The number of benzene rings is 1. The minimum Gasteiger partial charge on any atom is -0.378 e. The minimum absolute atomic E-state index is 0.115. The molecule has 0 bridgehead atoms. The second-order valence-corrected chi connectivity index (χ2v) is 6.40. The Morgan fingerprint density at radius 1 is 1.47 bits per heavy atom. The van der Waals surface area contributed by atoms with E-state index >= 15 is 0 Å². The van der Waals surface area contributed by atoms with E-state index in [9.17, 15) is 4.79 Å². The van der Waals surface area contributed by atoms with Crippen LogP contribution >= 0.6 is 15.9 Å². The molecule has 1 aromatic rings. The van der Waals surface area contributed by atoms with E-state index in [0.29, 0.717) is 6.42 Å². The lowest BCUT2D eigenvalue weighted by Crippen LogP contribution is -2.36. The second kappa shape index (κ2) is 5.25. The van der Waals surface area contributed by atoms with E-state index in [0.717, 1.165) is 36.8 Å². The molecular weight excluding hydrogens is 306 g/mol. The zero-order valence-electron chi connectivity index (χ0n) is 10.8. The van der Waals surface area contributed by atoms with Crippen LogP contribution in [-0.4, -0.2) is 18.6 Å². The largest absolute Gasteiger partial charge is 0.378 e. The molecule has 1 heterocycles. The van der Waals surface area contributed by atoms with E-state index in [4.69, 9.17) is 4.74 Å². The van der Waals surface area contributed by atoms with Crippen LogP contribution < -0.4 is 5.32 Å². The summed E-state index contributed by atoms with van der Waals surface area (Å²) in [5.74, 6) is 0.115. The molecule has 3 rings (SSSR count). The van der Waals surface area contributed by atoms with E-state index < -0.39 is 0 Å². The van der Waals surface area contributed by atoms with Crippen LogP contribution in [0.1, 0.15) is 37.7 Å². The Balaban J connectivity index is 1.63. The van der Waals surface area contributed by atoms with Gasteiger partial charge in [0, 0.05) is 11.1 Å². The van der Waals surface area contributed by atoms with Gasteiger partial charge in [-0.3, -0.25) is 4.79 Å². The minimum atomic E-state index is -0.126. The summed E-state index contributed by atoms with van der Waals surface area (Å²) in [4.78, 5) is 12.1. The van der Waals surface area contributed by atoms with Crippen molar-refractivity contribution in [2.45, 2.75) is 43.7 Å². The lowest BCUT2D eigenvalue weighted by atomic mass is 10.0. The van der Waals surface area contributed by atoms with E-state index in [-0.39, 0.29) is 17.6 Å². The number of carbonyl (C=O) groups is 1. The van der Waals surface area contributed by atoms with Crippen LogP contribution in [0.2, 0.25) is 0 Å². The number of hydrogen-bond acceptors (Lipinski definition) is 2. The average molecular weight is 324 g/mol. The zero-order chi connectivity index (χ0) is 13.3. The standard InChI is InChI=1S/C15H18BrNO2/c16-12-4-1-3-11(9-12)15(6-7-15)17-14(18)10-13-5-2-8-19-13/h1,3-4,9,13H,2,5-8,10H2,(H,17,18)/t13-/m1/s1.